The van der Waals surface area contributed by atoms with Gasteiger partial charge in [-0.15, -0.1) is 0 Å². The zero-order valence-corrected chi connectivity index (χ0v) is 16.8. The Labute approximate surface area is 166 Å². The van der Waals surface area contributed by atoms with E-state index in [-0.39, 0.29) is 6.79 Å². The van der Waals surface area contributed by atoms with Crippen LogP contribution in [0.15, 0.2) is 18.2 Å². The van der Waals surface area contributed by atoms with E-state index in [1.165, 1.54) is 0 Å². The molecule has 28 heavy (non-hydrogen) atoms. The summed E-state index contributed by atoms with van der Waals surface area (Å²) in [5.41, 5.74) is 1.15. The summed E-state index contributed by atoms with van der Waals surface area (Å²) < 4.78 is 10.8. The van der Waals surface area contributed by atoms with E-state index in [0.29, 0.717) is 19.6 Å². The Morgan fingerprint density at radius 2 is 1.79 bits per heavy atom. The molecule has 1 fully saturated rings. The van der Waals surface area contributed by atoms with Gasteiger partial charge in [-0.25, -0.2) is 0 Å². The summed E-state index contributed by atoms with van der Waals surface area (Å²) in [6, 6.07) is 5.97. The Morgan fingerprint density at radius 1 is 1.07 bits per heavy atom. The molecule has 3 rings (SSSR count). The van der Waals surface area contributed by atoms with Crippen molar-refractivity contribution in [1.82, 2.24) is 20.0 Å². The second-order valence-corrected chi connectivity index (χ2v) is 7.04. The van der Waals surface area contributed by atoms with Crippen LogP contribution in [0.25, 0.3) is 0 Å². The maximum atomic E-state index is 12.4. The maximum absolute atomic E-state index is 12.4. The Kier molecular flexibility index (Phi) is 7.11. The number of hydrogen-bond acceptors (Lipinski definition) is 6. The number of hydrogen-bond donors (Lipinski definition) is 1. The molecule has 1 saturated heterocycles. The molecule has 8 heteroatoms. The number of likely N-dealkylation sites (N-methyl/N-ethyl adjacent to an activating group) is 1. The first-order chi connectivity index (χ1) is 13.6. The molecule has 0 spiro atoms. The first-order valence-corrected chi connectivity index (χ1v) is 10.0. The predicted molar refractivity (Wildman–Crippen MR) is 105 cm³/mol. The molecule has 1 aromatic rings. The molecule has 2 aliphatic rings. The summed E-state index contributed by atoms with van der Waals surface area (Å²) in [4.78, 5) is 30.6. The number of rotatable bonds is 7. The van der Waals surface area contributed by atoms with Crippen molar-refractivity contribution in [1.29, 1.82) is 0 Å². The third-order valence-corrected chi connectivity index (χ3v) is 5.30. The summed E-state index contributed by atoms with van der Waals surface area (Å²) in [6.45, 7) is 11.0. The van der Waals surface area contributed by atoms with E-state index in [4.69, 9.17) is 9.47 Å². The average Bonchev–Trinajstić information content (AvgIpc) is 3.19. The van der Waals surface area contributed by atoms with Crippen LogP contribution in [0.5, 0.6) is 11.5 Å². The van der Waals surface area contributed by atoms with Crippen LogP contribution < -0.4 is 14.8 Å². The Balaban J connectivity index is 1.40. The van der Waals surface area contributed by atoms with E-state index in [1.54, 1.807) is 4.90 Å². The fourth-order valence-electron chi connectivity index (χ4n) is 3.49. The summed E-state index contributed by atoms with van der Waals surface area (Å²) in [5.74, 6) is 0.637. The van der Waals surface area contributed by atoms with Crippen molar-refractivity contribution in [2.24, 2.45) is 0 Å². The van der Waals surface area contributed by atoms with Gasteiger partial charge < -0.3 is 24.6 Å². The van der Waals surface area contributed by atoms with Gasteiger partial charge in [-0.05, 0) is 30.8 Å². The van der Waals surface area contributed by atoms with Crippen LogP contribution in [0.4, 0.5) is 0 Å². The SMILES string of the molecule is CCN(CC)CCNC(=O)C(=O)N1CCN(Cc2ccc3c(c2)OCO3)CC1. The van der Waals surface area contributed by atoms with Crippen molar-refractivity contribution in [3.05, 3.63) is 23.8 Å². The largest absolute Gasteiger partial charge is 0.454 e. The number of ether oxygens (including phenoxy) is 2. The van der Waals surface area contributed by atoms with Crippen LogP contribution in [0.3, 0.4) is 0 Å². The smallest absolute Gasteiger partial charge is 0.311 e. The summed E-state index contributed by atoms with van der Waals surface area (Å²) in [5, 5.41) is 2.74. The second kappa shape index (κ2) is 9.75. The first kappa shape index (κ1) is 20.4. The van der Waals surface area contributed by atoms with Crippen LogP contribution in [-0.2, 0) is 16.1 Å². The van der Waals surface area contributed by atoms with Gasteiger partial charge in [0.15, 0.2) is 11.5 Å². The van der Waals surface area contributed by atoms with Crippen LogP contribution in [0, 0.1) is 0 Å². The molecule has 0 aliphatic carbocycles. The number of piperazine rings is 1. The Hall–Kier alpha value is -2.32. The van der Waals surface area contributed by atoms with Gasteiger partial charge in [0.1, 0.15) is 0 Å². The Bertz CT molecular complexity index is 685. The lowest BCUT2D eigenvalue weighted by Crippen LogP contribution is -2.52. The number of nitrogens with zero attached hydrogens (tertiary/aromatic N) is 3. The molecule has 2 heterocycles. The minimum Gasteiger partial charge on any atom is -0.454 e. The molecule has 154 valence electrons. The van der Waals surface area contributed by atoms with Crippen LogP contribution in [-0.4, -0.2) is 85.7 Å². The van der Waals surface area contributed by atoms with Crippen molar-refractivity contribution in [2.45, 2.75) is 20.4 Å². The number of fused-ring (bicyclic) bond motifs is 1. The fourth-order valence-corrected chi connectivity index (χ4v) is 3.49. The summed E-state index contributed by atoms with van der Waals surface area (Å²) in [6.07, 6.45) is 0. The van der Waals surface area contributed by atoms with Crippen molar-refractivity contribution in [3.8, 4) is 11.5 Å². The molecule has 0 aromatic heterocycles. The predicted octanol–water partition coefficient (Wildman–Crippen LogP) is 0.518. The zero-order valence-electron chi connectivity index (χ0n) is 16.8. The van der Waals surface area contributed by atoms with E-state index in [2.05, 4.69) is 29.0 Å². The summed E-state index contributed by atoms with van der Waals surface area (Å²) in [7, 11) is 0. The van der Waals surface area contributed by atoms with Crippen molar-refractivity contribution in [2.75, 3.05) is 59.2 Å². The van der Waals surface area contributed by atoms with E-state index < -0.39 is 11.8 Å². The molecule has 0 unspecified atom stereocenters. The van der Waals surface area contributed by atoms with E-state index in [0.717, 1.165) is 56.3 Å². The molecule has 0 atom stereocenters. The number of benzene rings is 1. The van der Waals surface area contributed by atoms with Crippen LogP contribution in [0.1, 0.15) is 19.4 Å². The molecule has 1 N–H and O–H groups in total. The monoisotopic (exact) mass is 390 g/mol. The van der Waals surface area contributed by atoms with Gasteiger partial charge in [-0.1, -0.05) is 19.9 Å². The minimum absolute atomic E-state index is 0.274. The highest BCUT2D eigenvalue weighted by molar-refractivity contribution is 6.35. The van der Waals surface area contributed by atoms with Gasteiger partial charge in [0.2, 0.25) is 6.79 Å². The maximum Gasteiger partial charge on any atom is 0.311 e. The second-order valence-electron chi connectivity index (χ2n) is 7.04. The normalized spacial score (nSPS) is 16.5. The van der Waals surface area contributed by atoms with Crippen LogP contribution >= 0.6 is 0 Å². The summed E-state index contributed by atoms with van der Waals surface area (Å²) >= 11 is 0. The molecule has 0 saturated carbocycles. The topological polar surface area (TPSA) is 74.4 Å². The van der Waals surface area contributed by atoms with Gasteiger partial charge >= 0.3 is 11.8 Å². The molecule has 1 aromatic carbocycles. The lowest BCUT2D eigenvalue weighted by atomic mass is 10.1. The average molecular weight is 390 g/mol. The third kappa shape index (κ3) is 5.14. The van der Waals surface area contributed by atoms with E-state index >= 15 is 0 Å². The number of carbonyl (C=O) groups excluding carboxylic acids is 2. The lowest BCUT2D eigenvalue weighted by molar-refractivity contribution is -0.147. The van der Waals surface area contributed by atoms with Gasteiger partial charge in [0, 0.05) is 45.8 Å². The van der Waals surface area contributed by atoms with Gasteiger partial charge in [-0.3, -0.25) is 14.5 Å². The highest BCUT2D eigenvalue weighted by Crippen LogP contribution is 2.32. The van der Waals surface area contributed by atoms with Crippen molar-refractivity contribution < 1.29 is 19.1 Å². The fraction of sp³-hybridized carbons (Fsp3) is 0.600. The molecule has 8 nitrogen and oxygen atoms in total. The van der Waals surface area contributed by atoms with E-state index in [1.807, 2.05) is 18.2 Å². The van der Waals surface area contributed by atoms with Crippen molar-refractivity contribution in [3.63, 3.8) is 0 Å². The van der Waals surface area contributed by atoms with Gasteiger partial charge in [0.05, 0.1) is 0 Å². The molecular weight excluding hydrogens is 360 g/mol. The highest BCUT2D eigenvalue weighted by atomic mass is 16.7. The Morgan fingerprint density at radius 3 is 2.50 bits per heavy atom. The number of amides is 2. The molecular formula is C20H30N4O4. The van der Waals surface area contributed by atoms with Gasteiger partial charge in [0.25, 0.3) is 0 Å². The third-order valence-electron chi connectivity index (χ3n) is 5.30. The highest BCUT2D eigenvalue weighted by Gasteiger charge is 2.26. The first-order valence-electron chi connectivity index (χ1n) is 10.0. The lowest BCUT2D eigenvalue weighted by Gasteiger charge is -2.34. The standard InChI is InChI=1S/C20H30N4O4/c1-3-22(4-2)8-7-21-19(25)20(26)24-11-9-23(10-12-24)14-16-5-6-17-18(13-16)28-15-27-17/h5-6,13H,3-4,7-12,14-15H2,1-2H3,(H,21,25). The molecule has 0 bridgehead atoms. The van der Waals surface area contributed by atoms with E-state index in [9.17, 15) is 9.59 Å². The van der Waals surface area contributed by atoms with Gasteiger partial charge in [-0.2, -0.15) is 0 Å². The number of nitrogens with one attached hydrogen (secondary N) is 1. The number of carbonyl (C=O) groups is 2. The molecule has 2 aliphatic heterocycles. The van der Waals surface area contributed by atoms with Crippen LogP contribution in [0.2, 0.25) is 0 Å². The van der Waals surface area contributed by atoms with Crippen molar-refractivity contribution >= 4 is 11.8 Å². The minimum atomic E-state index is -0.503. The molecule has 2 amide bonds. The quantitative estimate of drug-likeness (QED) is 0.684. The zero-order chi connectivity index (χ0) is 19.9. The molecule has 0 radical (unpaired) electrons.